The summed E-state index contributed by atoms with van der Waals surface area (Å²) in [7, 11) is -3.96. The molecule has 0 heterocycles. The highest BCUT2D eigenvalue weighted by molar-refractivity contribution is 14.1. The zero-order chi connectivity index (χ0) is 26.7. The van der Waals surface area contributed by atoms with Crippen molar-refractivity contribution in [1.29, 1.82) is 5.26 Å². The summed E-state index contributed by atoms with van der Waals surface area (Å²) < 4.78 is 40.2. The van der Waals surface area contributed by atoms with Gasteiger partial charge in [0.15, 0.2) is 18.1 Å². The van der Waals surface area contributed by atoms with E-state index in [1.165, 1.54) is 18.3 Å². The Morgan fingerprint density at radius 3 is 2.49 bits per heavy atom. The molecule has 0 saturated heterocycles. The molecule has 11 heteroatoms. The highest BCUT2D eigenvalue weighted by atomic mass is 127. The van der Waals surface area contributed by atoms with Crippen molar-refractivity contribution in [3.05, 3.63) is 87.5 Å². The van der Waals surface area contributed by atoms with Gasteiger partial charge in [0.25, 0.3) is 5.91 Å². The molecule has 2 N–H and O–H groups in total. The number of carbonyl (C=O) groups excluding carboxylic acids is 1. The average molecular weight is 632 g/mol. The minimum absolute atomic E-state index is 0.0597. The molecule has 1 atom stereocenters. The van der Waals surface area contributed by atoms with Crippen LogP contribution in [-0.2, 0) is 21.2 Å². The number of ether oxygens (including phenoxy) is 2. The maximum Gasteiger partial charge on any atom is 0.258 e. The molecule has 0 aliphatic heterocycles. The Morgan fingerprint density at radius 2 is 1.81 bits per heavy atom. The Labute approximate surface area is 229 Å². The molecule has 0 bridgehead atoms. The van der Waals surface area contributed by atoms with E-state index in [2.05, 4.69) is 37.8 Å². The Morgan fingerprint density at radius 1 is 1.08 bits per heavy atom. The van der Waals surface area contributed by atoms with E-state index in [0.717, 1.165) is 9.13 Å². The number of nitrogens with zero attached hydrogens (tertiary/aromatic N) is 2. The van der Waals surface area contributed by atoms with Crippen LogP contribution in [0.25, 0.3) is 0 Å². The van der Waals surface area contributed by atoms with Gasteiger partial charge in [0.1, 0.15) is 12.1 Å². The van der Waals surface area contributed by atoms with Gasteiger partial charge < -0.3 is 9.47 Å². The Hall–Kier alpha value is -3.47. The second-order valence-corrected chi connectivity index (χ2v) is 10.6. The lowest BCUT2D eigenvalue weighted by molar-refractivity contribution is -0.122. The van der Waals surface area contributed by atoms with Gasteiger partial charge in [-0.15, -0.1) is 0 Å². The summed E-state index contributed by atoms with van der Waals surface area (Å²) in [4.78, 5) is 13.1. The minimum Gasteiger partial charge on any atom is -0.490 e. The molecule has 3 rings (SSSR count). The number of benzene rings is 3. The first kappa shape index (κ1) is 28.1. The topological polar surface area (TPSA) is 130 Å². The molecule has 0 aliphatic rings. The number of nitriles is 1. The van der Waals surface area contributed by atoms with E-state index in [-0.39, 0.29) is 17.9 Å². The van der Waals surface area contributed by atoms with E-state index >= 15 is 0 Å². The predicted octanol–water partition coefficient (Wildman–Crippen LogP) is 3.63. The van der Waals surface area contributed by atoms with Gasteiger partial charge in [-0.05, 0) is 89.5 Å². The number of carbonyl (C=O) groups is 1. The molecule has 0 aliphatic carbocycles. The molecule has 0 saturated carbocycles. The van der Waals surface area contributed by atoms with Crippen LogP contribution in [0.3, 0.4) is 0 Å². The van der Waals surface area contributed by atoms with Gasteiger partial charge in [0.05, 0.1) is 17.7 Å². The number of rotatable bonds is 12. The second kappa shape index (κ2) is 13.7. The molecule has 9 nitrogen and oxygen atoms in total. The van der Waals surface area contributed by atoms with E-state index < -0.39 is 22.0 Å². The fourth-order valence-electron chi connectivity index (χ4n) is 3.26. The Kier molecular flexibility index (Phi) is 10.4. The number of hydrazone groups is 1. The first-order valence-electron chi connectivity index (χ1n) is 11.2. The molecule has 1 amide bonds. The van der Waals surface area contributed by atoms with Crippen molar-refractivity contribution in [2.45, 2.75) is 24.3 Å². The van der Waals surface area contributed by atoms with Crippen LogP contribution in [0.1, 0.15) is 18.1 Å². The fourth-order valence-corrected chi connectivity index (χ4v) is 4.81. The minimum atomic E-state index is -3.96. The second-order valence-electron chi connectivity index (χ2n) is 7.64. The van der Waals surface area contributed by atoms with E-state index in [4.69, 9.17) is 14.7 Å². The van der Waals surface area contributed by atoms with Gasteiger partial charge >= 0.3 is 0 Å². The van der Waals surface area contributed by atoms with Gasteiger partial charge in [-0.25, -0.2) is 13.8 Å². The van der Waals surface area contributed by atoms with E-state index in [0.29, 0.717) is 23.7 Å². The first-order valence-corrected chi connectivity index (χ1v) is 13.8. The SMILES string of the molecule is CCOc1cc(/C=N\NC(=O)[C@@H](Cc2ccccc2)NS(=O)(=O)c2ccc(I)cc2)ccc1OCC#N. The molecule has 37 heavy (non-hydrogen) atoms. The van der Waals surface area contributed by atoms with Crippen LogP contribution in [-0.4, -0.2) is 39.8 Å². The monoisotopic (exact) mass is 632 g/mol. The molecule has 3 aromatic rings. The number of halogens is 1. The smallest absolute Gasteiger partial charge is 0.258 e. The Bertz CT molecular complexity index is 1370. The third-order valence-electron chi connectivity index (χ3n) is 4.97. The first-order chi connectivity index (χ1) is 17.8. The molecule has 0 radical (unpaired) electrons. The molecule has 0 spiro atoms. The lowest BCUT2D eigenvalue weighted by atomic mass is 10.1. The molecule has 0 aromatic heterocycles. The predicted molar refractivity (Wildman–Crippen MR) is 148 cm³/mol. The normalized spacial score (nSPS) is 12.0. The van der Waals surface area contributed by atoms with Crippen molar-refractivity contribution in [3.63, 3.8) is 0 Å². The highest BCUT2D eigenvalue weighted by Gasteiger charge is 2.26. The quantitative estimate of drug-likeness (QED) is 0.178. The average Bonchev–Trinajstić information content (AvgIpc) is 2.88. The number of hydrogen-bond donors (Lipinski definition) is 2. The van der Waals surface area contributed by atoms with Crippen LogP contribution in [0, 0.1) is 14.9 Å². The number of hydrogen-bond acceptors (Lipinski definition) is 7. The van der Waals surface area contributed by atoms with Crippen molar-refractivity contribution in [1.82, 2.24) is 10.1 Å². The summed E-state index contributed by atoms with van der Waals surface area (Å²) in [6, 6.07) is 21.2. The van der Waals surface area contributed by atoms with Gasteiger partial charge in [0, 0.05) is 3.57 Å². The summed E-state index contributed by atoms with van der Waals surface area (Å²) in [5, 5.41) is 12.7. The van der Waals surface area contributed by atoms with Crippen LogP contribution in [0.5, 0.6) is 11.5 Å². The van der Waals surface area contributed by atoms with E-state index in [9.17, 15) is 13.2 Å². The summed E-state index contributed by atoms with van der Waals surface area (Å²) in [6.45, 7) is 2.09. The summed E-state index contributed by atoms with van der Waals surface area (Å²) >= 11 is 2.09. The lowest BCUT2D eigenvalue weighted by Crippen LogP contribution is -2.46. The van der Waals surface area contributed by atoms with Gasteiger partial charge in [-0.1, -0.05) is 30.3 Å². The van der Waals surface area contributed by atoms with Crippen molar-refractivity contribution >= 4 is 44.7 Å². The third kappa shape index (κ3) is 8.56. The van der Waals surface area contributed by atoms with Gasteiger partial charge in [-0.3, -0.25) is 4.79 Å². The maximum absolute atomic E-state index is 13.0. The van der Waals surface area contributed by atoms with Gasteiger partial charge in [-0.2, -0.15) is 15.1 Å². The van der Waals surface area contributed by atoms with Crippen molar-refractivity contribution in [2.24, 2.45) is 5.10 Å². The van der Waals surface area contributed by atoms with Crippen LogP contribution in [0.2, 0.25) is 0 Å². The molecule has 0 unspecified atom stereocenters. The molecule has 0 fully saturated rings. The van der Waals surface area contributed by atoms with Crippen LogP contribution in [0.4, 0.5) is 0 Å². The van der Waals surface area contributed by atoms with Crippen LogP contribution >= 0.6 is 22.6 Å². The standard InChI is InChI=1S/C26H25IN4O5S/c1-2-35-25-17-20(8-13-24(25)36-15-14-28)18-29-30-26(32)23(16-19-6-4-3-5-7-19)31-37(33,34)22-11-9-21(27)10-12-22/h3-13,17-18,23,31H,2,15-16H2,1H3,(H,30,32)/b29-18-/t23-/m1/s1. The Balaban J connectivity index is 1.77. The summed E-state index contributed by atoms with van der Waals surface area (Å²) in [5.74, 6) is 0.228. The molecule has 192 valence electrons. The molecular weight excluding hydrogens is 607 g/mol. The van der Waals surface area contributed by atoms with E-state index in [1.807, 2.05) is 43.3 Å². The van der Waals surface area contributed by atoms with Crippen LogP contribution < -0.4 is 19.6 Å². The molecular formula is C26H25IN4O5S. The highest BCUT2D eigenvalue weighted by Crippen LogP contribution is 2.28. The van der Waals surface area contributed by atoms with Crippen molar-refractivity contribution < 1.29 is 22.7 Å². The summed E-state index contributed by atoms with van der Waals surface area (Å²) in [5.41, 5.74) is 3.81. The zero-order valence-corrected chi connectivity index (χ0v) is 22.9. The maximum atomic E-state index is 13.0. The van der Waals surface area contributed by atoms with Gasteiger partial charge in [0.2, 0.25) is 10.0 Å². The van der Waals surface area contributed by atoms with Crippen LogP contribution in [0.15, 0.2) is 82.8 Å². The van der Waals surface area contributed by atoms with Crippen molar-refractivity contribution in [2.75, 3.05) is 13.2 Å². The fraction of sp³-hybridized carbons (Fsp3) is 0.192. The van der Waals surface area contributed by atoms with E-state index in [1.54, 1.807) is 30.3 Å². The summed E-state index contributed by atoms with van der Waals surface area (Å²) in [6.07, 6.45) is 1.53. The third-order valence-corrected chi connectivity index (χ3v) is 7.18. The molecule has 3 aromatic carbocycles. The number of nitrogens with one attached hydrogen (secondary N) is 2. The largest absolute Gasteiger partial charge is 0.490 e. The number of amides is 1. The lowest BCUT2D eigenvalue weighted by Gasteiger charge is -2.17. The zero-order valence-electron chi connectivity index (χ0n) is 19.9. The number of sulfonamides is 1. The van der Waals surface area contributed by atoms with Crippen molar-refractivity contribution in [3.8, 4) is 17.6 Å².